The van der Waals surface area contributed by atoms with Crippen LogP contribution >= 0.6 is 0 Å². The Morgan fingerprint density at radius 3 is 2.78 bits per heavy atom. The van der Waals surface area contributed by atoms with Gasteiger partial charge in [-0.05, 0) is 31.4 Å². The zero-order valence-electron chi connectivity index (χ0n) is 11.6. The van der Waals surface area contributed by atoms with Crippen LogP contribution in [0.4, 0.5) is 0 Å². The van der Waals surface area contributed by atoms with Crippen molar-refractivity contribution < 1.29 is 9.84 Å². The van der Waals surface area contributed by atoms with Gasteiger partial charge in [0.25, 0.3) is 0 Å². The number of aromatic hydroxyl groups is 1. The minimum Gasteiger partial charge on any atom is -0.504 e. The highest BCUT2D eigenvalue weighted by molar-refractivity contribution is 5.45. The van der Waals surface area contributed by atoms with Crippen LogP contribution in [0.1, 0.15) is 32.8 Å². The summed E-state index contributed by atoms with van der Waals surface area (Å²) in [4.78, 5) is 2.39. The van der Waals surface area contributed by atoms with Gasteiger partial charge in [-0.15, -0.1) is 0 Å². The van der Waals surface area contributed by atoms with E-state index >= 15 is 0 Å². The molecule has 1 aliphatic heterocycles. The van der Waals surface area contributed by atoms with Crippen molar-refractivity contribution >= 4 is 0 Å². The SMILES string of the molecule is CCOc1cccc(CN2CCC(C)(C)C2)c1O. The average Bonchev–Trinajstić information content (AvgIpc) is 2.64. The highest BCUT2D eigenvalue weighted by Gasteiger charge is 2.29. The third-order valence-electron chi connectivity index (χ3n) is 3.53. The van der Waals surface area contributed by atoms with Crippen LogP contribution in [-0.2, 0) is 6.54 Å². The highest BCUT2D eigenvalue weighted by Crippen LogP contribution is 2.34. The maximum absolute atomic E-state index is 10.2. The van der Waals surface area contributed by atoms with E-state index in [-0.39, 0.29) is 0 Å². The number of ether oxygens (including phenoxy) is 1. The summed E-state index contributed by atoms with van der Waals surface area (Å²) < 4.78 is 5.41. The van der Waals surface area contributed by atoms with E-state index in [1.54, 1.807) is 0 Å². The summed E-state index contributed by atoms with van der Waals surface area (Å²) in [6, 6.07) is 5.74. The molecule has 0 unspecified atom stereocenters. The Kier molecular flexibility index (Phi) is 3.81. The summed E-state index contributed by atoms with van der Waals surface area (Å²) in [6.45, 7) is 10.1. The van der Waals surface area contributed by atoms with Crippen LogP contribution in [-0.4, -0.2) is 29.7 Å². The Balaban J connectivity index is 2.08. The van der Waals surface area contributed by atoms with Gasteiger partial charge >= 0.3 is 0 Å². The summed E-state index contributed by atoms with van der Waals surface area (Å²) in [6.07, 6.45) is 1.22. The standard InChI is InChI=1S/C15H23NO2/c1-4-18-13-7-5-6-12(14(13)17)10-16-9-8-15(2,3)11-16/h5-7,17H,4,8-11H2,1-3H3. The number of likely N-dealkylation sites (tertiary alicyclic amines) is 1. The second-order valence-electron chi connectivity index (χ2n) is 5.82. The molecule has 1 heterocycles. The Bertz CT molecular complexity index is 415. The van der Waals surface area contributed by atoms with Gasteiger partial charge < -0.3 is 9.84 Å². The molecule has 18 heavy (non-hydrogen) atoms. The number of benzene rings is 1. The summed E-state index contributed by atoms with van der Waals surface area (Å²) in [5, 5.41) is 10.2. The molecule has 2 rings (SSSR count). The van der Waals surface area contributed by atoms with Crippen LogP contribution in [0.3, 0.4) is 0 Å². The lowest BCUT2D eigenvalue weighted by Crippen LogP contribution is -2.22. The van der Waals surface area contributed by atoms with E-state index < -0.39 is 0 Å². The van der Waals surface area contributed by atoms with Crippen molar-refractivity contribution in [2.24, 2.45) is 5.41 Å². The molecule has 0 bridgehead atoms. The van der Waals surface area contributed by atoms with E-state index in [1.807, 2.05) is 25.1 Å². The molecule has 1 aliphatic rings. The van der Waals surface area contributed by atoms with Gasteiger partial charge in [-0.1, -0.05) is 26.0 Å². The van der Waals surface area contributed by atoms with Crippen molar-refractivity contribution in [3.63, 3.8) is 0 Å². The topological polar surface area (TPSA) is 32.7 Å². The zero-order valence-corrected chi connectivity index (χ0v) is 11.6. The Labute approximate surface area is 109 Å². The van der Waals surface area contributed by atoms with Crippen LogP contribution in [0.25, 0.3) is 0 Å². The van der Waals surface area contributed by atoms with Gasteiger partial charge in [-0.2, -0.15) is 0 Å². The Hall–Kier alpha value is -1.22. The summed E-state index contributed by atoms with van der Waals surface area (Å²) in [5.74, 6) is 0.887. The van der Waals surface area contributed by atoms with E-state index in [1.165, 1.54) is 6.42 Å². The van der Waals surface area contributed by atoms with E-state index in [0.29, 0.717) is 23.5 Å². The number of phenols is 1. The number of phenolic OH excluding ortho intramolecular Hbond substituents is 1. The van der Waals surface area contributed by atoms with Gasteiger partial charge in [0.2, 0.25) is 0 Å². The number of rotatable bonds is 4. The maximum Gasteiger partial charge on any atom is 0.162 e. The van der Waals surface area contributed by atoms with Crippen molar-refractivity contribution in [2.45, 2.75) is 33.7 Å². The monoisotopic (exact) mass is 249 g/mol. The van der Waals surface area contributed by atoms with Crippen LogP contribution in [0.2, 0.25) is 0 Å². The van der Waals surface area contributed by atoms with E-state index in [2.05, 4.69) is 18.7 Å². The molecule has 100 valence electrons. The predicted octanol–water partition coefficient (Wildman–Crippen LogP) is 3.02. The molecule has 1 fully saturated rings. The summed E-state index contributed by atoms with van der Waals surface area (Å²) in [7, 11) is 0. The maximum atomic E-state index is 10.2. The molecular weight excluding hydrogens is 226 g/mol. The molecule has 0 spiro atoms. The third kappa shape index (κ3) is 2.96. The minimum absolute atomic E-state index is 0.295. The molecule has 0 amide bonds. The molecule has 3 nitrogen and oxygen atoms in total. The highest BCUT2D eigenvalue weighted by atomic mass is 16.5. The Morgan fingerprint density at radius 2 is 2.17 bits per heavy atom. The van der Waals surface area contributed by atoms with E-state index in [9.17, 15) is 5.11 Å². The van der Waals surface area contributed by atoms with Gasteiger partial charge in [-0.25, -0.2) is 0 Å². The first-order chi connectivity index (χ1) is 8.52. The molecule has 1 aromatic rings. The number of hydrogen-bond donors (Lipinski definition) is 1. The van der Waals surface area contributed by atoms with Crippen molar-refractivity contribution in [2.75, 3.05) is 19.7 Å². The lowest BCUT2D eigenvalue weighted by Gasteiger charge is -2.20. The number of para-hydroxylation sites is 1. The second kappa shape index (κ2) is 5.19. The van der Waals surface area contributed by atoms with Crippen molar-refractivity contribution in [3.05, 3.63) is 23.8 Å². The fraction of sp³-hybridized carbons (Fsp3) is 0.600. The molecule has 1 aromatic carbocycles. The van der Waals surface area contributed by atoms with Crippen molar-refractivity contribution in [3.8, 4) is 11.5 Å². The lowest BCUT2D eigenvalue weighted by atomic mass is 9.93. The third-order valence-corrected chi connectivity index (χ3v) is 3.53. The summed E-state index contributed by atoms with van der Waals surface area (Å²) in [5.41, 5.74) is 1.35. The fourth-order valence-corrected chi connectivity index (χ4v) is 2.57. The molecular formula is C15H23NO2. The van der Waals surface area contributed by atoms with E-state index in [4.69, 9.17) is 4.74 Å². The number of nitrogens with zero attached hydrogens (tertiary/aromatic N) is 1. The molecule has 0 aromatic heterocycles. The molecule has 0 radical (unpaired) electrons. The average molecular weight is 249 g/mol. The molecule has 3 heteroatoms. The normalized spacial score (nSPS) is 19.1. The molecule has 1 N–H and O–H groups in total. The first kappa shape index (κ1) is 13.2. The predicted molar refractivity (Wildman–Crippen MR) is 73.0 cm³/mol. The van der Waals surface area contributed by atoms with Gasteiger partial charge in [-0.3, -0.25) is 4.90 Å². The van der Waals surface area contributed by atoms with Gasteiger partial charge in [0.15, 0.2) is 11.5 Å². The molecule has 0 atom stereocenters. The van der Waals surface area contributed by atoms with Gasteiger partial charge in [0, 0.05) is 18.7 Å². The van der Waals surface area contributed by atoms with Crippen LogP contribution in [0.5, 0.6) is 11.5 Å². The molecule has 0 saturated carbocycles. The van der Waals surface area contributed by atoms with Crippen LogP contribution in [0.15, 0.2) is 18.2 Å². The van der Waals surface area contributed by atoms with Crippen molar-refractivity contribution in [1.82, 2.24) is 4.90 Å². The zero-order chi connectivity index (χ0) is 13.2. The minimum atomic E-state index is 0.295. The van der Waals surface area contributed by atoms with Crippen molar-refractivity contribution in [1.29, 1.82) is 0 Å². The summed E-state index contributed by atoms with van der Waals surface area (Å²) >= 11 is 0. The van der Waals surface area contributed by atoms with E-state index in [0.717, 1.165) is 25.2 Å². The van der Waals surface area contributed by atoms with Crippen LogP contribution in [0, 0.1) is 5.41 Å². The molecule has 0 aliphatic carbocycles. The smallest absolute Gasteiger partial charge is 0.162 e. The number of hydrogen-bond acceptors (Lipinski definition) is 3. The fourth-order valence-electron chi connectivity index (χ4n) is 2.57. The Morgan fingerprint density at radius 1 is 1.39 bits per heavy atom. The largest absolute Gasteiger partial charge is 0.504 e. The van der Waals surface area contributed by atoms with Crippen LogP contribution < -0.4 is 4.74 Å². The first-order valence-corrected chi connectivity index (χ1v) is 6.68. The quantitative estimate of drug-likeness (QED) is 0.890. The van der Waals surface area contributed by atoms with Gasteiger partial charge in [0.1, 0.15) is 0 Å². The van der Waals surface area contributed by atoms with Gasteiger partial charge in [0.05, 0.1) is 6.61 Å². The first-order valence-electron chi connectivity index (χ1n) is 6.68. The lowest BCUT2D eigenvalue weighted by molar-refractivity contribution is 0.276. The second-order valence-corrected chi connectivity index (χ2v) is 5.82. The molecule has 1 saturated heterocycles.